The van der Waals surface area contributed by atoms with Gasteiger partial charge >= 0.3 is 0 Å². The average Bonchev–Trinajstić information content (AvgIpc) is 2.81. The Bertz CT molecular complexity index is 286. The summed E-state index contributed by atoms with van der Waals surface area (Å²) in [6.07, 6.45) is 7.21. The first-order valence-electron chi connectivity index (χ1n) is 5.85. The number of aromatic nitrogens is 3. The number of H-pyrrole nitrogens is 1. The second kappa shape index (κ2) is 4.75. The molecule has 1 aliphatic carbocycles. The molecule has 0 spiro atoms. The Morgan fingerprint density at radius 1 is 1.60 bits per heavy atom. The minimum atomic E-state index is -0.432. The minimum Gasteiger partial charge on any atom is -0.386 e. The molecule has 4 heteroatoms. The van der Waals surface area contributed by atoms with Gasteiger partial charge in [0.15, 0.2) is 0 Å². The van der Waals surface area contributed by atoms with Crippen molar-refractivity contribution < 1.29 is 5.11 Å². The van der Waals surface area contributed by atoms with E-state index in [1.807, 2.05) is 0 Å². The molecule has 1 aromatic heterocycles. The van der Waals surface area contributed by atoms with Gasteiger partial charge in [0.05, 0.1) is 6.20 Å². The summed E-state index contributed by atoms with van der Waals surface area (Å²) < 4.78 is 0. The molecule has 1 aromatic rings. The van der Waals surface area contributed by atoms with Crippen LogP contribution >= 0.6 is 0 Å². The summed E-state index contributed by atoms with van der Waals surface area (Å²) >= 11 is 0. The van der Waals surface area contributed by atoms with Crippen molar-refractivity contribution in [3.63, 3.8) is 0 Å². The third kappa shape index (κ3) is 2.37. The third-order valence-corrected chi connectivity index (χ3v) is 3.58. The maximum absolute atomic E-state index is 10.1. The van der Waals surface area contributed by atoms with E-state index in [0.717, 1.165) is 18.8 Å². The van der Waals surface area contributed by atoms with Gasteiger partial charge in [0.25, 0.3) is 0 Å². The van der Waals surface area contributed by atoms with Crippen LogP contribution in [0.2, 0.25) is 0 Å². The number of hydrogen-bond donors (Lipinski definition) is 2. The van der Waals surface area contributed by atoms with Crippen molar-refractivity contribution in [2.75, 3.05) is 0 Å². The Hall–Kier alpha value is -0.900. The number of rotatable bonds is 3. The molecule has 1 aliphatic rings. The lowest BCUT2D eigenvalue weighted by atomic mass is 9.77. The van der Waals surface area contributed by atoms with Gasteiger partial charge in [0.1, 0.15) is 11.8 Å². The lowest BCUT2D eigenvalue weighted by molar-refractivity contribution is 0.0645. The zero-order valence-electron chi connectivity index (χ0n) is 9.19. The highest BCUT2D eigenvalue weighted by Crippen LogP contribution is 2.37. The molecule has 1 saturated carbocycles. The first kappa shape index (κ1) is 10.6. The molecular formula is C11H19N3O. The molecule has 3 atom stereocenters. The smallest absolute Gasteiger partial charge is 0.111 e. The van der Waals surface area contributed by atoms with Crippen molar-refractivity contribution in [3.05, 3.63) is 11.9 Å². The molecule has 0 aromatic carbocycles. The summed E-state index contributed by atoms with van der Waals surface area (Å²) in [5, 5.41) is 20.4. The lowest BCUT2D eigenvalue weighted by Crippen LogP contribution is -2.21. The van der Waals surface area contributed by atoms with Gasteiger partial charge in [-0.3, -0.25) is 0 Å². The monoisotopic (exact) mass is 209 g/mol. The predicted molar refractivity (Wildman–Crippen MR) is 57.1 cm³/mol. The minimum absolute atomic E-state index is 0.369. The third-order valence-electron chi connectivity index (χ3n) is 3.58. The molecule has 0 saturated heterocycles. The molecule has 3 unspecified atom stereocenters. The van der Waals surface area contributed by atoms with E-state index in [0.29, 0.717) is 11.6 Å². The van der Waals surface area contributed by atoms with Crippen molar-refractivity contribution in [1.82, 2.24) is 15.4 Å². The van der Waals surface area contributed by atoms with Crippen LogP contribution in [0.3, 0.4) is 0 Å². The Morgan fingerprint density at radius 3 is 3.13 bits per heavy atom. The van der Waals surface area contributed by atoms with E-state index in [1.165, 1.54) is 19.3 Å². The number of nitrogens with zero attached hydrogens (tertiary/aromatic N) is 2. The number of aromatic amines is 1. The first-order valence-corrected chi connectivity index (χ1v) is 5.85. The van der Waals surface area contributed by atoms with Crippen molar-refractivity contribution in [2.45, 2.75) is 45.1 Å². The van der Waals surface area contributed by atoms with Crippen molar-refractivity contribution in [3.8, 4) is 0 Å². The summed E-state index contributed by atoms with van der Waals surface area (Å²) in [6, 6.07) is 0. The number of aliphatic hydroxyl groups excluding tert-OH is 1. The lowest BCUT2D eigenvalue weighted by Gasteiger charge is -2.30. The fourth-order valence-electron chi connectivity index (χ4n) is 2.58. The normalized spacial score (nSPS) is 28.9. The fourth-order valence-corrected chi connectivity index (χ4v) is 2.58. The van der Waals surface area contributed by atoms with E-state index in [2.05, 4.69) is 22.3 Å². The molecule has 0 aliphatic heterocycles. The van der Waals surface area contributed by atoms with Crippen molar-refractivity contribution in [1.29, 1.82) is 0 Å². The molecule has 2 rings (SSSR count). The zero-order valence-corrected chi connectivity index (χ0v) is 9.19. The van der Waals surface area contributed by atoms with E-state index in [9.17, 15) is 5.11 Å². The van der Waals surface area contributed by atoms with Crippen LogP contribution < -0.4 is 0 Å². The predicted octanol–water partition coefficient (Wildman–Crippen LogP) is 2.05. The Balaban J connectivity index is 1.98. The van der Waals surface area contributed by atoms with Gasteiger partial charge in [-0.2, -0.15) is 15.4 Å². The Kier molecular flexibility index (Phi) is 3.36. The van der Waals surface area contributed by atoms with Crippen LogP contribution in [0.4, 0.5) is 0 Å². The molecule has 4 nitrogen and oxygen atoms in total. The quantitative estimate of drug-likeness (QED) is 0.801. The number of nitrogens with one attached hydrogen (secondary N) is 1. The van der Waals surface area contributed by atoms with Gasteiger partial charge in [-0.1, -0.05) is 26.2 Å². The van der Waals surface area contributed by atoms with E-state index in [1.54, 1.807) is 6.20 Å². The Labute approximate surface area is 90.1 Å². The SMILES string of the molecule is CCC1CCCC(C(O)c2cn[nH]n2)C1. The molecule has 0 bridgehead atoms. The molecule has 0 amide bonds. The summed E-state index contributed by atoms with van der Waals surface area (Å²) in [5.74, 6) is 1.15. The molecule has 1 heterocycles. The van der Waals surface area contributed by atoms with Gasteiger partial charge < -0.3 is 5.11 Å². The maximum atomic E-state index is 10.1. The summed E-state index contributed by atoms with van der Waals surface area (Å²) in [7, 11) is 0. The van der Waals surface area contributed by atoms with E-state index < -0.39 is 6.10 Å². The van der Waals surface area contributed by atoms with Crippen LogP contribution in [0, 0.1) is 11.8 Å². The standard InChI is InChI=1S/C11H19N3O/c1-2-8-4-3-5-9(6-8)11(15)10-7-12-14-13-10/h7-9,11,15H,2-6H2,1H3,(H,12,13,14). The van der Waals surface area contributed by atoms with Crippen LogP contribution in [-0.2, 0) is 0 Å². The number of aliphatic hydroxyl groups is 1. The molecule has 2 N–H and O–H groups in total. The molecular weight excluding hydrogens is 190 g/mol. The maximum Gasteiger partial charge on any atom is 0.111 e. The topological polar surface area (TPSA) is 61.8 Å². The van der Waals surface area contributed by atoms with Gasteiger partial charge in [0.2, 0.25) is 0 Å². The van der Waals surface area contributed by atoms with Crippen molar-refractivity contribution >= 4 is 0 Å². The van der Waals surface area contributed by atoms with E-state index >= 15 is 0 Å². The largest absolute Gasteiger partial charge is 0.386 e. The average molecular weight is 209 g/mol. The van der Waals surface area contributed by atoms with E-state index in [4.69, 9.17) is 0 Å². The molecule has 84 valence electrons. The Morgan fingerprint density at radius 2 is 2.47 bits per heavy atom. The first-order chi connectivity index (χ1) is 7.31. The molecule has 0 radical (unpaired) electrons. The van der Waals surface area contributed by atoms with Gasteiger partial charge in [-0.25, -0.2) is 0 Å². The fraction of sp³-hybridized carbons (Fsp3) is 0.818. The van der Waals surface area contributed by atoms with Gasteiger partial charge in [0, 0.05) is 0 Å². The van der Waals surface area contributed by atoms with Crippen LogP contribution in [0.1, 0.15) is 50.8 Å². The number of hydrogen-bond acceptors (Lipinski definition) is 3. The highest BCUT2D eigenvalue weighted by molar-refractivity contribution is 4.99. The van der Waals surface area contributed by atoms with Gasteiger partial charge in [-0.15, -0.1) is 0 Å². The highest BCUT2D eigenvalue weighted by Gasteiger charge is 2.28. The van der Waals surface area contributed by atoms with Gasteiger partial charge in [-0.05, 0) is 24.7 Å². The van der Waals surface area contributed by atoms with E-state index in [-0.39, 0.29) is 0 Å². The second-order valence-corrected chi connectivity index (χ2v) is 4.54. The van der Waals surface area contributed by atoms with Crippen LogP contribution in [0.5, 0.6) is 0 Å². The summed E-state index contributed by atoms with van der Waals surface area (Å²) in [6.45, 7) is 2.23. The second-order valence-electron chi connectivity index (χ2n) is 4.54. The van der Waals surface area contributed by atoms with Crippen LogP contribution in [0.25, 0.3) is 0 Å². The highest BCUT2D eigenvalue weighted by atomic mass is 16.3. The summed E-state index contributed by atoms with van der Waals surface area (Å²) in [4.78, 5) is 0. The zero-order chi connectivity index (χ0) is 10.7. The summed E-state index contributed by atoms with van der Waals surface area (Å²) in [5.41, 5.74) is 0.691. The van der Waals surface area contributed by atoms with Crippen molar-refractivity contribution in [2.24, 2.45) is 11.8 Å². The molecule has 15 heavy (non-hydrogen) atoms. The van der Waals surface area contributed by atoms with Crippen LogP contribution in [-0.4, -0.2) is 20.5 Å². The molecule has 1 fully saturated rings. The van der Waals surface area contributed by atoms with Crippen LogP contribution in [0.15, 0.2) is 6.20 Å².